The van der Waals surface area contributed by atoms with E-state index in [0.29, 0.717) is 12.2 Å². The van der Waals surface area contributed by atoms with E-state index in [4.69, 9.17) is 10.5 Å². The first-order valence-electron chi connectivity index (χ1n) is 6.36. The van der Waals surface area contributed by atoms with Gasteiger partial charge in [-0.3, -0.25) is 0 Å². The van der Waals surface area contributed by atoms with Crippen LogP contribution in [0.2, 0.25) is 0 Å². The quantitative estimate of drug-likeness (QED) is 0.869. The molecule has 2 aromatic rings. The second-order valence-corrected chi connectivity index (χ2v) is 4.36. The van der Waals surface area contributed by atoms with Crippen molar-refractivity contribution in [3.05, 3.63) is 65.0 Å². The summed E-state index contributed by atoms with van der Waals surface area (Å²) >= 11 is 0. The van der Waals surface area contributed by atoms with Crippen LogP contribution in [0.1, 0.15) is 16.7 Å². The van der Waals surface area contributed by atoms with E-state index < -0.39 is 0 Å². The number of nitrogens with two attached hydrogens (primary N) is 1. The second-order valence-electron chi connectivity index (χ2n) is 4.36. The lowest BCUT2D eigenvalue weighted by molar-refractivity contribution is 0.303. The predicted octanol–water partition coefficient (Wildman–Crippen LogP) is 3.02. The van der Waals surface area contributed by atoms with Gasteiger partial charge in [-0.05, 0) is 30.7 Å². The van der Waals surface area contributed by atoms with E-state index in [9.17, 15) is 4.39 Å². The Labute approximate surface area is 118 Å². The first kappa shape index (κ1) is 14.1. The Hall–Kier alpha value is -2.31. The van der Waals surface area contributed by atoms with Gasteiger partial charge in [-0.1, -0.05) is 36.1 Å². The fourth-order valence-electron chi connectivity index (χ4n) is 1.81. The summed E-state index contributed by atoms with van der Waals surface area (Å²) in [6, 6.07) is 12.3. The average molecular weight is 269 g/mol. The summed E-state index contributed by atoms with van der Waals surface area (Å²) in [6.07, 6.45) is 0. The van der Waals surface area contributed by atoms with Crippen molar-refractivity contribution in [3.8, 4) is 17.6 Å². The number of aryl methyl sites for hydroxylation is 1. The van der Waals surface area contributed by atoms with Gasteiger partial charge in [0.2, 0.25) is 0 Å². The molecule has 2 nitrogen and oxygen atoms in total. The first-order valence-corrected chi connectivity index (χ1v) is 6.36. The topological polar surface area (TPSA) is 35.2 Å². The van der Waals surface area contributed by atoms with Crippen LogP contribution in [-0.4, -0.2) is 6.54 Å². The number of ether oxygens (including phenoxy) is 1. The van der Waals surface area contributed by atoms with E-state index in [-0.39, 0.29) is 12.4 Å². The highest BCUT2D eigenvalue weighted by Crippen LogP contribution is 2.19. The standard InChI is InChI=1S/C17H16FNO/c1-13-5-2-3-7-17(13)20-12-15-8-9-16(18)11-14(15)6-4-10-19/h2-3,5,7-9,11H,10,12,19H2,1H3. The summed E-state index contributed by atoms with van der Waals surface area (Å²) in [7, 11) is 0. The largest absolute Gasteiger partial charge is 0.489 e. The third-order valence-corrected chi connectivity index (χ3v) is 2.87. The fraction of sp³-hybridized carbons (Fsp3) is 0.176. The minimum atomic E-state index is -0.314. The summed E-state index contributed by atoms with van der Waals surface area (Å²) in [5.74, 6) is 6.11. The van der Waals surface area contributed by atoms with Crippen molar-refractivity contribution in [2.24, 2.45) is 5.73 Å². The van der Waals surface area contributed by atoms with E-state index in [0.717, 1.165) is 16.9 Å². The third kappa shape index (κ3) is 3.59. The summed E-state index contributed by atoms with van der Waals surface area (Å²) in [6.45, 7) is 2.57. The molecule has 0 saturated carbocycles. The number of benzene rings is 2. The molecule has 102 valence electrons. The van der Waals surface area contributed by atoms with Gasteiger partial charge >= 0.3 is 0 Å². The zero-order valence-corrected chi connectivity index (χ0v) is 11.3. The molecule has 0 aliphatic carbocycles. The van der Waals surface area contributed by atoms with Crippen LogP contribution in [0.3, 0.4) is 0 Å². The monoisotopic (exact) mass is 269 g/mol. The Morgan fingerprint density at radius 1 is 1.20 bits per heavy atom. The third-order valence-electron chi connectivity index (χ3n) is 2.87. The molecule has 0 unspecified atom stereocenters. The first-order chi connectivity index (χ1) is 9.70. The highest BCUT2D eigenvalue weighted by molar-refractivity contribution is 5.42. The van der Waals surface area contributed by atoms with Crippen molar-refractivity contribution in [3.63, 3.8) is 0 Å². The molecular weight excluding hydrogens is 253 g/mol. The van der Waals surface area contributed by atoms with Crippen LogP contribution in [0.15, 0.2) is 42.5 Å². The van der Waals surface area contributed by atoms with Crippen molar-refractivity contribution in [2.75, 3.05) is 6.54 Å². The molecule has 0 aliphatic rings. The van der Waals surface area contributed by atoms with Gasteiger partial charge in [0.25, 0.3) is 0 Å². The fourth-order valence-corrected chi connectivity index (χ4v) is 1.81. The van der Waals surface area contributed by atoms with Gasteiger partial charge in [0.1, 0.15) is 18.2 Å². The molecule has 0 aliphatic heterocycles. The van der Waals surface area contributed by atoms with Crippen LogP contribution < -0.4 is 10.5 Å². The maximum absolute atomic E-state index is 13.3. The molecule has 0 amide bonds. The number of halogens is 1. The summed E-state index contributed by atoms with van der Waals surface area (Å²) in [5.41, 5.74) is 7.87. The highest BCUT2D eigenvalue weighted by atomic mass is 19.1. The lowest BCUT2D eigenvalue weighted by Gasteiger charge is -2.10. The van der Waals surface area contributed by atoms with Gasteiger partial charge in [0.05, 0.1) is 6.54 Å². The SMILES string of the molecule is Cc1ccccc1OCc1ccc(F)cc1C#CCN. The smallest absolute Gasteiger partial charge is 0.124 e. The second kappa shape index (κ2) is 6.74. The number of para-hydroxylation sites is 1. The van der Waals surface area contributed by atoms with Crippen molar-refractivity contribution < 1.29 is 9.13 Å². The number of hydrogen-bond donors (Lipinski definition) is 1. The summed E-state index contributed by atoms with van der Waals surface area (Å²) in [5, 5.41) is 0. The van der Waals surface area contributed by atoms with Gasteiger partial charge in [0.15, 0.2) is 0 Å². The van der Waals surface area contributed by atoms with Crippen LogP contribution in [0.4, 0.5) is 4.39 Å². The van der Waals surface area contributed by atoms with Gasteiger partial charge in [-0.2, -0.15) is 0 Å². The lowest BCUT2D eigenvalue weighted by atomic mass is 10.1. The molecule has 0 aromatic heterocycles. The van der Waals surface area contributed by atoms with Crippen LogP contribution in [0.25, 0.3) is 0 Å². The Balaban J connectivity index is 2.19. The highest BCUT2D eigenvalue weighted by Gasteiger charge is 2.04. The molecule has 2 rings (SSSR count). The average Bonchev–Trinajstić information content (AvgIpc) is 2.45. The van der Waals surface area contributed by atoms with Crippen LogP contribution in [0.5, 0.6) is 5.75 Å². The van der Waals surface area contributed by atoms with Crippen LogP contribution in [-0.2, 0) is 6.61 Å². The Bertz CT molecular complexity index is 656. The zero-order valence-electron chi connectivity index (χ0n) is 11.3. The molecule has 0 atom stereocenters. The molecule has 20 heavy (non-hydrogen) atoms. The normalized spacial score (nSPS) is 9.75. The Morgan fingerprint density at radius 3 is 2.75 bits per heavy atom. The van der Waals surface area contributed by atoms with E-state index in [1.165, 1.54) is 12.1 Å². The lowest BCUT2D eigenvalue weighted by Crippen LogP contribution is -2.00. The van der Waals surface area contributed by atoms with Gasteiger partial charge < -0.3 is 10.5 Å². The van der Waals surface area contributed by atoms with Gasteiger partial charge in [-0.25, -0.2) is 4.39 Å². The molecule has 2 N–H and O–H groups in total. The van der Waals surface area contributed by atoms with Gasteiger partial charge in [0, 0.05) is 11.1 Å². The Kier molecular flexibility index (Phi) is 4.75. The van der Waals surface area contributed by atoms with Crippen molar-refractivity contribution in [2.45, 2.75) is 13.5 Å². The van der Waals surface area contributed by atoms with Gasteiger partial charge in [-0.15, -0.1) is 0 Å². The van der Waals surface area contributed by atoms with Crippen LogP contribution in [0, 0.1) is 24.6 Å². The Morgan fingerprint density at radius 2 is 2.00 bits per heavy atom. The molecule has 2 aromatic carbocycles. The summed E-state index contributed by atoms with van der Waals surface area (Å²) < 4.78 is 19.0. The minimum absolute atomic E-state index is 0.245. The number of hydrogen-bond acceptors (Lipinski definition) is 2. The van der Waals surface area contributed by atoms with E-state index in [1.54, 1.807) is 6.07 Å². The van der Waals surface area contributed by atoms with Crippen molar-refractivity contribution in [1.82, 2.24) is 0 Å². The van der Waals surface area contributed by atoms with Crippen LogP contribution >= 0.6 is 0 Å². The molecule has 3 heteroatoms. The maximum Gasteiger partial charge on any atom is 0.124 e. The molecule has 0 heterocycles. The predicted molar refractivity (Wildman–Crippen MR) is 77.8 cm³/mol. The zero-order chi connectivity index (χ0) is 14.4. The molecule has 0 radical (unpaired) electrons. The van der Waals surface area contributed by atoms with E-state index in [1.807, 2.05) is 31.2 Å². The maximum atomic E-state index is 13.3. The molecule has 0 spiro atoms. The molecule has 0 saturated heterocycles. The van der Waals surface area contributed by atoms with E-state index in [2.05, 4.69) is 11.8 Å². The molecular formula is C17H16FNO. The molecule has 0 fully saturated rings. The summed E-state index contributed by atoms with van der Waals surface area (Å²) in [4.78, 5) is 0. The van der Waals surface area contributed by atoms with Crippen molar-refractivity contribution in [1.29, 1.82) is 0 Å². The van der Waals surface area contributed by atoms with Crippen molar-refractivity contribution >= 4 is 0 Å². The van der Waals surface area contributed by atoms with E-state index >= 15 is 0 Å². The number of rotatable bonds is 3. The molecule has 0 bridgehead atoms. The minimum Gasteiger partial charge on any atom is -0.489 e.